The summed E-state index contributed by atoms with van der Waals surface area (Å²) in [5.41, 5.74) is 2.44. The maximum Gasteiger partial charge on any atom is 0.264 e. The van der Waals surface area contributed by atoms with Gasteiger partial charge in [0.05, 0.1) is 19.3 Å². The highest BCUT2D eigenvalue weighted by Crippen LogP contribution is 2.24. The molecule has 0 radical (unpaired) electrons. The van der Waals surface area contributed by atoms with Gasteiger partial charge in [-0.15, -0.1) is 0 Å². The maximum atomic E-state index is 13.4. The zero-order chi connectivity index (χ0) is 22.7. The second-order valence-corrected chi connectivity index (χ2v) is 7.49. The maximum absolute atomic E-state index is 13.4. The second-order valence-electron chi connectivity index (χ2n) is 7.49. The highest BCUT2D eigenvalue weighted by molar-refractivity contribution is 5.99. The lowest BCUT2D eigenvalue weighted by Crippen LogP contribution is -2.27. The number of anilines is 1. The third kappa shape index (κ3) is 4.69. The molecule has 0 bridgehead atoms. The Bertz CT molecular complexity index is 1300. The number of nitrogens with one attached hydrogen (secondary N) is 1. The number of fused-ring (bicyclic) bond motifs is 1. The quantitative estimate of drug-likeness (QED) is 0.574. The first-order chi connectivity index (χ1) is 15.4. The van der Waals surface area contributed by atoms with Gasteiger partial charge in [-0.25, -0.2) is 13.8 Å². The molecule has 0 aliphatic carbocycles. The van der Waals surface area contributed by atoms with Crippen LogP contribution in [-0.2, 0) is 17.8 Å². The van der Waals surface area contributed by atoms with Gasteiger partial charge in [0.2, 0.25) is 5.91 Å². The molecule has 4 rings (SSSR count). The molecule has 1 N–H and O–H groups in total. The first kappa shape index (κ1) is 21.3. The van der Waals surface area contributed by atoms with Crippen molar-refractivity contribution >= 4 is 23.5 Å². The van der Waals surface area contributed by atoms with Crippen LogP contribution >= 0.6 is 0 Å². The van der Waals surface area contributed by atoms with Crippen LogP contribution in [0.15, 0.2) is 59.8 Å². The number of hydrogen-bond donors (Lipinski definition) is 1. The fraction of sp³-hybridized carbons (Fsp3) is 0.167. The van der Waals surface area contributed by atoms with E-state index in [1.165, 1.54) is 23.2 Å². The van der Waals surface area contributed by atoms with Crippen LogP contribution in [0.4, 0.5) is 14.5 Å². The number of hydrogen-bond acceptors (Lipinski definition) is 4. The number of carbonyl (C=O) groups excluding carboxylic acids is 2. The fourth-order valence-electron chi connectivity index (χ4n) is 3.49. The van der Waals surface area contributed by atoms with E-state index in [1.807, 2.05) is 30.4 Å². The van der Waals surface area contributed by atoms with Crippen LogP contribution in [-0.4, -0.2) is 21.2 Å². The second kappa shape index (κ2) is 9.05. The Morgan fingerprint density at radius 3 is 2.78 bits per heavy atom. The van der Waals surface area contributed by atoms with Gasteiger partial charge >= 0.3 is 0 Å². The Kier molecular flexibility index (Phi) is 6.02. The van der Waals surface area contributed by atoms with E-state index in [0.717, 1.165) is 28.9 Å². The predicted octanol–water partition coefficient (Wildman–Crippen LogP) is 3.74. The van der Waals surface area contributed by atoms with E-state index >= 15 is 0 Å². The van der Waals surface area contributed by atoms with Crippen molar-refractivity contribution in [2.45, 2.75) is 25.8 Å². The fourth-order valence-corrected chi connectivity index (χ4v) is 3.49. The SMILES string of the molecule is O=C1Cc2ccc(/C=C/CCC(=O)c3cncn(Cc4ccc(F)c(F)c4)c3=O)cc2N1. The molecule has 0 spiro atoms. The molecular formula is C24H19F2N3O3. The monoisotopic (exact) mass is 435 g/mol. The number of amides is 1. The highest BCUT2D eigenvalue weighted by atomic mass is 19.2. The first-order valence-corrected chi connectivity index (χ1v) is 10.0. The average Bonchev–Trinajstić information content (AvgIpc) is 3.14. The number of Topliss-reactive ketones (excluding diaryl/α,β-unsaturated/α-hetero) is 1. The van der Waals surface area contributed by atoms with E-state index in [9.17, 15) is 23.2 Å². The number of nitrogens with zero attached hydrogens (tertiary/aromatic N) is 2. The average molecular weight is 435 g/mol. The molecule has 1 aliphatic rings. The van der Waals surface area contributed by atoms with E-state index in [-0.39, 0.29) is 30.2 Å². The van der Waals surface area contributed by atoms with Crippen LogP contribution in [0.5, 0.6) is 0 Å². The van der Waals surface area contributed by atoms with Crippen molar-refractivity contribution in [3.05, 3.63) is 99.2 Å². The first-order valence-electron chi connectivity index (χ1n) is 10.0. The summed E-state index contributed by atoms with van der Waals surface area (Å²) >= 11 is 0. The lowest BCUT2D eigenvalue weighted by atomic mass is 10.1. The minimum atomic E-state index is -1.01. The van der Waals surface area contributed by atoms with E-state index in [4.69, 9.17) is 0 Å². The summed E-state index contributed by atoms with van der Waals surface area (Å²) in [6.45, 7) is -0.0288. The van der Waals surface area contributed by atoms with Crippen molar-refractivity contribution < 1.29 is 18.4 Å². The van der Waals surface area contributed by atoms with Crippen LogP contribution < -0.4 is 10.9 Å². The summed E-state index contributed by atoms with van der Waals surface area (Å²) in [4.78, 5) is 40.5. The summed E-state index contributed by atoms with van der Waals surface area (Å²) in [7, 11) is 0. The van der Waals surface area contributed by atoms with Crippen LogP contribution in [0.3, 0.4) is 0 Å². The number of aromatic nitrogens is 2. The Morgan fingerprint density at radius 2 is 1.97 bits per heavy atom. The molecule has 162 valence electrons. The van der Waals surface area contributed by atoms with E-state index in [0.29, 0.717) is 18.4 Å². The van der Waals surface area contributed by atoms with Crippen molar-refractivity contribution in [2.24, 2.45) is 0 Å². The van der Waals surface area contributed by atoms with Crippen LogP contribution in [0.25, 0.3) is 6.08 Å². The van der Waals surface area contributed by atoms with Gasteiger partial charge in [-0.2, -0.15) is 0 Å². The lowest BCUT2D eigenvalue weighted by molar-refractivity contribution is -0.115. The molecule has 1 aromatic heterocycles. The number of ketones is 1. The van der Waals surface area contributed by atoms with Gasteiger partial charge in [0, 0.05) is 18.3 Å². The van der Waals surface area contributed by atoms with Crippen molar-refractivity contribution in [3.63, 3.8) is 0 Å². The predicted molar refractivity (Wildman–Crippen MR) is 115 cm³/mol. The van der Waals surface area contributed by atoms with E-state index in [2.05, 4.69) is 10.3 Å². The number of allylic oxidation sites excluding steroid dienone is 1. The highest BCUT2D eigenvalue weighted by Gasteiger charge is 2.17. The van der Waals surface area contributed by atoms with Gasteiger partial charge < -0.3 is 5.32 Å². The molecule has 2 heterocycles. The number of rotatable bonds is 7. The molecule has 2 aromatic carbocycles. The van der Waals surface area contributed by atoms with E-state index < -0.39 is 17.2 Å². The molecule has 1 aliphatic heterocycles. The van der Waals surface area contributed by atoms with Crippen molar-refractivity contribution in [2.75, 3.05) is 5.32 Å². The Labute approximate surface area is 182 Å². The normalized spacial score (nSPS) is 12.8. The molecule has 1 amide bonds. The summed E-state index contributed by atoms with van der Waals surface area (Å²) < 4.78 is 27.7. The zero-order valence-corrected chi connectivity index (χ0v) is 17.0. The molecule has 32 heavy (non-hydrogen) atoms. The Hall–Kier alpha value is -3.94. The summed E-state index contributed by atoms with van der Waals surface area (Å²) in [5, 5.41) is 2.79. The van der Waals surface area contributed by atoms with Crippen LogP contribution in [0.2, 0.25) is 0 Å². The topological polar surface area (TPSA) is 81.1 Å². The molecule has 0 unspecified atom stereocenters. The molecule has 0 atom stereocenters. The molecular weight excluding hydrogens is 416 g/mol. The van der Waals surface area contributed by atoms with Gasteiger partial charge in [-0.3, -0.25) is 19.0 Å². The Balaban J connectivity index is 1.39. The van der Waals surface area contributed by atoms with Crippen molar-refractivity contribution in [3.8, 4) is 0 Å². The van der Waals surface area contributed by atoms with Crippen molar-refractivity contribution in [1.29, 1.82) is 0 Å². The summed E-state index contributed by atoms with van der Waals surface area (Å²) in [6, 6.07) is 9.02. The molecule has 0 saturated carbocycles. The summed E-state index contributed by atoms with van der Waals surface area (Å²) in [5.74, 6) is -2.36. The van der Waals surface area contributed by atoms with E-state index in [1.54, 1.807) is 0 Å². The standard InChI is InChI=1S/C24H19F2N3O3/c25-19-8-6-16(9-20(19)26)13-29-14-27-12-18(24(29)32)22(30)4-2-1-3-15-5-7-17-11-23(31)28-21(17)10-15/h1,3,5-10,12,14H,2,4,11,13H2,(H,28,31)/b3-1+. The van der Waals surface area contributed by atoms with Gasteiger partial charge in [0.15, 0.2) is 17.4 Å². The number of halogens is 2. The molecule has 0 fully saturated rings. The van der Waals surface area contributed by atoms with Gasteiger partial charge in [-0.1, -0.05) is 30.4 Å². The smallest absolute Gasteiger partial charge is 0.264 e. The van der Waals surface area contributed by atoms with Crippen LogP contribution in [0, 0.1) is 11.6 Å². The van der Waals surface area contributed by atoms with Gasteiger partial charge in [-0.05, 0) is 41.3 Å². The third-order valence-corrected chi connectivity index (χ3v) is 5.15. The van der Waals surface area contributed by atoms with Crippen molar-refractivity contribution in [1.82, 2.24) is 9.55 Å². The Morgan fingerprint density at radius 1 is 1.12 bits per heavy atom. The minimum Gasteiger partial charge on any atom is -0.326 e. The largest absolute Gasteiger partial charge is 0.326 e. The molecule has 8 heteroatoms. The molecule has 0 saturated heterocycles. The lowest BCUT2D eigenvalue weighted by Gasteiger charge is -2.07. The van der Waals surface area contributed by atoms with Gasteiger partial charge in [0.25, 0.3) is 5.56 Å². The number of benzene rings is 2. The zero-order valence-electron chi connectivity index (χ0n) is 17.0. The molecule has 6 nitrogen and oxygen atoms in total. The number of carbonyl (C=O) groups is 2. The minimum absolute atomic E-state index is 0.0288. The third-order valence-electron chi connectivity index (χ3n) is 5.15. The molecule has 3 aromatic rings. The van der Waals surface area contributed by atoms with Gasteiger partial charge in [0.1, 0.15) is 5.56 Å². The summed E-state index contributed by atoms with van der Waals surface area (Å²) in [6.07, 6.45) is 7.07. The van der Waals surface area contributed by atoms with Crippen LogP contribution in [0.1, 0.15) is 39.9 Å².